The van der Waals surface area contributed by atoms with E-state index in [1.807, 2.05) is 41.6 Å². The zero-order chi connectivity index (χ0) is 33.1. The van der Waals surface area contributed by atoms with Crippen LogP contribution in [-0.4, -0.2) is 88.1 Å². The third-order valence-corrected chi connectivity index (χ3v) is 13.8. The minimum atomic E-state index is -2.59. The van der Waals surface area contributed by atoms with Crippen LogP contribution in [0.3, 0.4) is 0 Å². The van der Waals surface area contributed by atoms with Crippen molar-refractivity contribution in [2.45, 2.75) is 76.7 Å². The van der Waals surface area contributed by atoms with E-state index in [0.717, 1.165) is 39.8 Å². The number of aromatic nitrogens is 4. The second kappa shape index (κ2) is 14.4. The van der Waals surface area contributed by atoms with Crippen LogP contribution in [0.25, 0.3) is 27.7 Å². The molecule has 10 nitrogen and oxygen atoms in total. The molecule has 1 aliphatic heterocycles. The molecule has 5 rings (SSSR count). The Morgan fingerprint density at radius 2 is 1.57 bits per heavy atom. The fourth-order valence-corrected chi connectivity index (χ4v) is 8.75. The molecule has 4 heterocycles. The second-order valence-electron chi connectivity index (χ2n) is 14.9. The molecule has 0 bridgehead atoms. The number of fused-ring (bicyclic) bond motifs is 2. The molecule has 3 N–H and O–H groups in total. The predicted molar refractivity (Wildman–Crippen MR) is 195 cm³/mol. The lowest BCUT2D eigenvalue weighted by Crippen LogP contribution is -2.34. The summed E-state index contributed by atoms with van der Waals surface area (Å²) in [7, 11) is -5.19. The minimum Gasteiger partial charge on any atom is -0.391 e. The highest BCUT2D eigenvalue weighted by molar-refractivity contribution is 8.24. The highest BCUT2D eigenvalue weighted by atomic mass is 32.3. The van der Waals surface area contributed by atoms with Crippen molar-refractivity contribution in [3.8, 4) is 11.1 Å². The molecule has 0 amide bonds. The Balaban J connectivity index is 1.61. The van der Waals surface area contributed by atoms with Gasteiger partial charge in [0.15, 0.2) is 5.65 Å². The molecular weight excluding hydrogens is 635 g/mol. The fourth-order valence-electron chi connectivity index (χ4n) is 5.71. The van der Waals surface area contributed by atoms with Crippen LogP contribution in [0.5, 0.6) is 0 Å². The molecule has 4 aromatic rings. The van der Waals surface area contributed by atoms with Gasteiger partial charge in [-0.1, -0.05) is 57.5 Å². The molecule has 252 valence electrons. The van der Waals surface area contributed by atoms with Crippen molar-refractivity contribution in [2.75, 3.05) is 43.1 Å². The van der Waals surface area contributed by atoms with Gasteiger partial charge in [0.05, 0.1) is 24.0 Å². The van der Waals surface area contributed by atoms with Crippen molar-refractivity contribution >= 4 is 49.1 Å². The maximum Gasteiger partial charge on any atom is 0.165 e. The highest BCUT2D eigenvalue weighted by Crippen LogP contribution is 2.49. The van der Waals surface area contributed by atoms with E-state index in [1.165, 1.54) is 0 Å². The van der Waals surface area contributed by atoms with Crippen LogP contribution in [0.15, 0.2) is 42.7 Å². The molecule has 1 aliphatic rings. The first-order chi connectivity index (χ1) is 21.7. The number of nitrogens with zero attached hydrogens (tertiary/aromatic N) is 5. The van der Waals surface area contributed by atoms with E-state index in [4.69, 9.17) is 24.5 Å². The van der Waals surface area contributed by atoms with Crippen LogP contribution in [0.2, 0.25) is 51.4 Å². The first kappa shape index (κ1) is 35.0. The molecule has 13 heteroatoms. The molecule has 1 saturated heterocycles. The van der Waals surface area contributed by atoms with Gasteiger partial charge in [-0.2, -0.15) is 20.2 Å². The van der Waals surface area contributed by atoms with Crippen molar-refractivity contribution in [1.82, 2.24) is 19.6 Å². The van der Waals surface area contributed by atoms with Gasteiger partial charge in [-0.15, -0.1) is 0 Å². The largest absolute Gasteiger partial charge is 0.391 e. The molecule has 0 saturated carbocycles. The summed E-state index contributed by atoms with van der Waals surface area (Å²) in [4.78, 5) is 11.9. The standard InChI is InChI=1S/C33H51N5O5SSi2/c1-45(2,3)17-13-42-23-37(24-43-14-18-46(4,5)6)33-29(22-39)31(25-11-15-44(40,41)16-12-25)36-32-28(21-35-38(32)33)27-19-26-9-7-8-10-30(26)34-20-27/h7-10,19-21,25,39-41H,11-18,22-24H2,1-6H3. The van der Waals surface area contributed by atoms with Gasteiger partial charge in [0.1, 0.15) is 19.3 Å². The lowest BCUT2D eigenvalue weighted by molar-refractivity contribution is 0.0937. The number of anilines is 1. The zero-order valence-electron chi connectivity index (χ0n) is 28.2. The van der Waals surface area contributed by atoms with E-state index in [0.29, 0.717) is 54.6 Å². The number of para-hydroxylation sites is 1. The number of pyridine rings is 1. The van der Waals surface area contributed by atoms with Gasteiger partial charge in [-0.25, -0.2) is 4.98 Å². The molecule has 3 aromatic heterocycles. The Labute approximate surface area is 276 Å². The molecule has 0 unspecified atom stereocenters. The Bertz CT molecular complexity index is 1610. The number of ether oxygens (including phenoxy) is 2. The van der Waals surface area contributed by atoms with Gasteiger partial charge >= 0.3 is 0 Å². The summed E-state index contributed by atoms with van der Waals surface area (Å²) in [6, 6.07) is 12.2. The molecular formula is C33H51N5O5SSi2. The third-order valence-electron chi connectivity index (χ3n) is 8.57. The summed E-state index contributed by atoms with van der Waals surface area (Å²) in [5.74, 6) is 1.32. The lowest BCUT2D eigenvalue weighted by atomic mass is 9.94. The van der Waals surface area contributed by atoms with Gasteiger partial charge < -0.3 is 19.5 Å². The Morgan fingerprint density at radius 1 is 0.935 bits per heavy atom. The SMILES string of the molecule is C[Si](C)(C)CCOCN(COCC[Si](C)(C)C)c1c(CO)c(C2CCS(O)(O)CC2)nc2c(-c3cnc4ccccc4c3)cnn12. The maximum absolute atomic E-state index is 11.0. The monoisotopic (exact) mass is 685 g/mol. The summed E-state index contributed by atoms with van der Waals surface area (Å²) in [5.41, 5.74) is 4.75. The normalized spacial score (nSPS) is 16.7. The second-order valence-corrected chi connectivity index (χ2v) is 28.6. The van der Waals surface area contributed by atoms with Gasteiger partial charge in [-0.05, 0) is 37.1 Å². The quantitative estimate of drug-likeness (QED) is 0.0703. The summed E-state index contributed by atoms with van der Waals surface area (Å²) in [6.07, 6.45) is 4.83. The van der Waals surface area contributed by atoms with Crippen molar-refractivity contribution < 1.29 is 23.7 Å². The average molecular weight is 686 g/mol. The van der Waals surface area contributed by atoms with Crippen LogP contribution in [-0.2, 0) is 16.1 Å². The van der Waals surface area contributed by atoms with Crippen molar-refractivity contribution in [1.29, 1.82) is 0 Å². The van der Waals surface area contributed by atoms with E-state index in [2.05, 4.69) is 45.3 Å². The van der Waals surface area contributed by atoms with Crippen LogP contribution in [0.1, 0.15) is 30.0 Å². The summed E-state index contributed by atoms with van der Waals surface area (Å²) in [6.45, 7) is 15.6. The Hall–Kier alpha value is -2.37. The number of aliphatic hydroxyl groups excluding tert-OH is 1. The van der Waals surface area contributed by atoms with Gasteiger partial charge in [0, 0.05) is 75.1 Å². The van der Waals surface area contributed by atoms with Crippen LogP contribution >= 0.6 is 10.6 Å². The topological polar surface area (TPSA) is 125 Å². The molecule has 0 radical (unpaired) electrons. The Kier molecular flexibility index (Phi) is 10.9. The van der Waals surface area contributed by atoms with Crippen LogP contribution < -0.4 is 4.90 Å². The number of hydrogen-bond acceptors (Lipinski definition) is 9. The summed E-state index contributed by atoms with van der Waals surface area (Å²) < 4.78 is 35.2. The summed E-state index contributed by atoms with van der Waals surface area (Å²) >= 11 is 0. The molecule has 0 spiro atoms. The highest BCUT2D eigenvalue weighted by Gasteiger charge is 2.32. The van der Waals surface area contributed by atoms with E-state index in [-0.39, 0.29) is 26.0 Å². The molecule has 1 aromatic carbocycles. The molecule has 0 aliphatic carbocycles. The van der Waals surface area contributed by atoms with Crippen molar-refractivity contribution in [3.05, 3.63) is 54.0 Å². The third kappa shape index (κ3) is 8.75. The molecule has 0 atom stereocenters. The summed E-state index contributed by atoms with van der Waals surface area (Å²) in [5, 5.41) is 16.8. The molecule has 1 fully saturated rings. The van der Waals surface area contributed by atoms with Crippen molar-refractivity contribution in [3.63, 3.8) is 0 Å². The maximum atomic E-state index is 11.0. The van der Waals surface area contributed by atoms with Crippen molar-refractivity contribution in [2.24, 2.45) is 0 Å². The fraction of sp³-hybridized carbons (Fsp3) is 0.545. The number of rotatable bonds is 14. The van der Waals surface area contributed by atoms with Gasteiger partial charge in [0.2, 0.25) is 0 Å². The van der Waals surface area contributed by atoms with Crippen LogP contribution in [0, 0.1) is 0 Å². The van der Waals surface area contributed by atoms with E-state index >= 15 is 0 Å². The first-order valence-electron chi connectivity index (χ1n) is 16.3. The predicted octanol–water partition coefficient (Wildman–Crippen LogP) is 7.50. The van der Waals surface area contributed by atoms with E-state index in [9.17, 15) is 14.2 Å². The van der Waals surface area contributed by atoms with Crippen LogP contribution in [0.4, 0.5) is 5.82 Å². The number of benzene rings is 1. The average Bonchev–Trinajstić information content (AvgIpc) is 3.42. The number of aliphatic hydroxyl groups is 1. The smallest absolute Gasteiger partial charge is 0.165 e. The van der Waals surface area contributed by atoms with E-state index in [1.54, 1.807) is 4.52 Å². The first-order valence-corrected chi connectivity index (χ1v) is 25.6. The lowest BCUT2D eigenvalue weighted by Gasteiger charge is -2.39. The van der Waals surface area contributed by atoms with Gasteiger partial charge in [0.25, 0.3) is 0 Å². The number of hydrogen-bond donors (Lipinski definition) is 3. The molecule has 46 heavy (non-hydrogen) atoms. The minimum absolute atomic E-state index is 0.0363. The van der Waals surface area contributed by atoms with E-state index < -0.39 is 26.7 Å². The Morgan fingerprint density at radius 3 is 2.17 bits per heavy atom. The van der Waals surface area contributed by atoms with Gasteiger partial charge in [-0.3, -0.25) is 14.1 Å². The zero-order valence-corrected chi connectivity index (χ0v) is 31.0.